The first-order valence-electron chi connectivity index (χ1n) is 8.83. The van der Waals surface area contributed by atoms with E-state index in [1.54, 1.807) is 7.11 Å². The molecule has 1 amide bonds. The number of nitrogens with one attached hydrogen (secondary N) is 2. The van der Waals surface area contributed by atoms with Crippen LogP contribution in [0.1, 0.15) is 31.7 Å². The summed E-state index contributed by atoms with van der Waals surface area (Å²) in [6.45, 7) is 7.28. The fraction of sp³-hybridized carbons (Fsp3) is 0.632. The van der Waals surface area contributed by atoms with Gasteiger partial charge in [0.1, 0.15) is 12.4 Å². The summed E-state index contributed by atoms with van der Waals surface area (Å²) in [6, 6.07) is 5.83. The molecule has 1 fully saturated rings. The second kappa shape index (κ2) is 11.3. The van der Waals surface area contributed by atoms with E-state index in [0.717, 1.165) is 24.3 Å². The highest BCUT2D eigenvalue weighted by Crippen LogP contribution is 2.27. The van der Waals surface area contributed by atoms with E-state index in [0.29, 0.717) is 37.2 Å². The van der Waals surface area contributed by atoms with E-state index >= 15 is 0 Å². The van der Waals surface area contributed by atoms with Crippen LogP contribution in [0.2, 0.25) is 0 Å². The topological polar surface area (TPSA) is 59.6 Å². The van der Waals surface area contributed by atoms with Crippen LogP contribution in [0.25, 0.3) is 0 Å². The third-order valence-corrected chi connectivity index (χ3v) is 4.60. The number of carbonyl (C=O) groups is 1. The first-order valence-corrected chi connectivity index (χ1v) is 8.83. The number of piperidine rings is 1. The summed E-state index contributed by atoms with van der Waals surface area (Å²) in [5.41, 5.74) is 1.83. The second-order valence-electron chi connectivity index (χ2n) is 6.68. The van der Waals surface area contributed by atoms with Crippen LogP contribution >= 0.6 is 12.4 Å². The van der Waals surface area contributed by atoms with Gasteiger partial charge >= 0.3 is 0 Å². The van der Waals surface area contributed by atoms with Gasteiger partial charge in [-0.2, -0.15) is 0 Å². The molecule has 5 nitrogen and oxygen atoms in total. The SMILES string of the molecule is COCCOc1cc(C)ccc1NC(=O)CC(C)C1CCCNC1.Cl. The van der Waals surface area contributed by atoms with Gasteiger partial charge in [-0.3, -0.25) is 4.79 Å². The molecule has 142 valence electrons. The summed E-state index contributed by atoms with van der Waals surface area (Å²) < 4.78 is 10.7. The molecule has 2 unspecified atom stereocenters. The molecule has 1 aliphatic heterocycles. The molecule has 1 heterocycles. The van der Waals surface area contributed by atoms with E-state index < -0.39 is 0 Å². The normalized spacial score (nSPS) is 18.1. The smallest absolute Gasteiger partial charge is 0.224 e. The molecule has 0 aliphatic carbocycles. The van der Waals surface area contributed by atoms with Gasteiger partial charge in [0.2, 0.25) is 5.91 Å². The molecule has 0 saturated carbocycles. The first-order chi connectivity index (χ1) is 11.6. The third-order valence-electron chi connectivity index (χ3n) is 4.60. The Bertz CT molecular complexity index is 533. The van der Waals surface area contributed by atoms with Crippen LogP contribution in [0.4, 0.5) is 5.69 Å². The molecule has 25 heavy (non-hydrogen) atoms. The van der Waals surface area contributed by atoms with Gasteiger partial charge in [0.15, 0.2) is 0 Å². The molecule has 2 N–H and O–H groups in total. The van der Waals surface area contributed by atoms with Crippen LogP contribution in [0.5, 0.6) is 5.75 Å². The van der Waals surface area contributed by atoms with Gasteiger partial charge in [0.05, 0.1) is 12.3 Å². The van der Waals surface area contributed by atoms with Crippen molar-refractivity contribution in [3.63, 3.8) is 0 Å². The number of aryl methyl sites for hydroxylation is 1. The zero-order valence-electron chi connectivity index (χ0n) is 15.5. The van der Waals surface area contributed by atoms with Gasteiger partial charge < -0.3 is 20.1 Å². The molecular formula is C19H31ClN2O3. The Morgan fingerprint density at radius 1 is 1.40 bits per heavy atom. The van der Waals surface area contributed by atoms with Crippen LogP contribution in [0, 0.1) is 18.8 Å². The number of methoxy groups -OCH3 is 1. The van der Waals surface area contributed by atoms with E-state index in [2.05, 4.69) is 17.6 Å². The maximum absolute atomic E-state index is 12.4. The van der Waals surface area contributed by atoms with Crippen molar-refractivity contribution < 1.29 is 14.3 Å². The number of rotatable bonds is 8. The van der Waals surface area contributed by atoms with Crippen molar-refractivity contribution in [2.45, 2.75) is 33.1 Å². The van der Waals surface area contributed by atoms with Crippen LogP contribution in [-0.4, -0.2) is 39.3 Å². The van der Waals surface area contributed by atoms with Crippen molar-refractivity contribution in [3.05, 3.63) is 23.8 Å². The molecule has 2 rings (SSSR count). The van der Waals surface area contributed by atoms with Crippen molar-refractivity contribution in [1.82, 2.24) is 5.32 Å². The van der Waals surface area contributed by atoms with Crippen molar-refractivity contribution in [1.29, 1.82) is 0 Å². The van der Waals surface area contributed by atoms with Crippen LogP contribution in [0.3, 0.4) is 0 Å². The lowest BCUT2D eigenvalue weighted by Crippen LogP contribution is -2.34. The summed E-state index contributed by atoms with van der Waals surface area (Å²) >= 11 is 0. The van der Waals surface area contributed by atoms with Gasteiger partial charge in [0.25, 0.3) is 0 Å². The molecule has 1 aliphatic rings. The van der Waals surface area contributed by atoms with Crippen LogP contribution < -0.4 is 15.4 Å². The standard InChI is InChI=1S/C19H30N2O3.ClH/c1-14-6-7-17(18(11-14)24-10-9-23-3)21-19(22)12-15(2)16-5-4-8-20-13-16;/h6-7,11,15-16,20H,4-5,8-10,12-13H2,1-3H3,(H,21,22);1H. The minimum atomic E-state index is 0. The number of carbonyl (C=O) groups excluding carboxylic acids is 1. The van der Waals surface area contributed by atoms with E-state index in [1.165, 1.54) is 12.8 Å². The maximum Gasteiger partial charge on any atom is 0.224 e. The fourth-order valence-electron chi connectivity index (χ4n) is 3.11. The largest absolute Gasteiger partial charge is 0.489 e. The van der Waals surface area contributed by atoms with E-state index in [1.807, 2.05) is 25.1 Å². The van der Waals surface area contributed by atoms with Crippen molar-refractivity contribution >= 4 is 24.0 Å². The highest BCUT2D eigenvalue weighted by molar-refractivity contribution is 5.92. The Kier molecular flexibility index (Phi) is 9.86. The number of amides is 1. The van der Waals surface area contributed by atoms with E-state index in [-0.39, 0.29) is 18.3 Å². The highest BCUT2D eigenvalue weighted by atomic mass is 35.5. The summed E-state index contributed by atoms with van der Waals surface area (Å²) in [6.07, 6.45) is 2.95. The number of halogens is 1. The lowest BCUT2D eigenvalue weighted by Gasteiger charge is -2.28. The summed E-state index contributed by atoms with van der Waals surface area (Å²) in [4.78, 5) is 12.4. The summed E-state index contributed by atoms with van der Waals surface area (Å²) in [5.74, 6) is 1.71. The Hall–Kier alpha value is -1.30. The molecule has 0 radical (unpaired) electrons. The molecule has 1 saturated heterocycles. The predicted octanol–water partition coefficient (Wildman–Crippen LogP) is 3.41. The quantitative estimate of drug-likeness (QED) is 0.688. The average molecular weight is 371 g/mol. The van der Waals surface area contributed by atoms with Gasteiger partial charge in [0, 0.05) is 13.5 Å². The van der Waals surface area contributed by atoms with Gasteiger partial charge in [-0.25, -0.2) is 0 Å². The monoisotopic (exact) mass is 370 g/mol. The molecule has 0 spiro atoms. The number of anilines is 1. The van der Waals surface area contributed by atoms with Gasteiger partial charge in [-0.05, 0) is 62.4 Å². The Morgan fingerprint density at radius 3 is 2.88 bits per heavy atom. The molecule has 1 aromatic rings. The van der Waals surface area contributed by atoms with Crippen LogP contribution in [0.15, 0.2) is 18.2 Å². The Balaban J connectivity index is 0.00000312. The predicted molar refractivity (Wildman–Crippen MR) is 104 cm³/mol. The van der Waals surface area contributed by atoms with Crippen molar-refractivity contribution in [3.8, 4) is 5.75 Å². The van der Waals surface area contributed by atoms with Crippen molar-refractivity contribution in [2.24, 2.45) is 11.8 Å². The number of hydrogen-bond acceptors (Lipinski definition) is 4. The molecular weight excluding hydrogens is 340 g/mol. The first kappa shape index (κ1) is 21.7. The lowest BCUT2D eigenvalue weighted by atomic mass is 9.85. The number of benzene rings is 1. The minimum Gasteiger partial charge on any atom is -0.489 e. The fourth-order valence-corrected chi connectivity index (χ4v) is 3.11. The van der Waals surface area contributed by atoms with Crippen molar-refractivity contribution in [2.75, 3.05) is 38.7 Å². The van der Waals surface area contributed by atoms with Gasteiger partial charge in [-0.15, -0.1) is 12.4 Å². The maximum atomic E-state index is 12.4. The minimum absolute atomic E-state index is 0. The summed E-state index contributed by atoms with van der Waals surface area (Å²) in [7, 11) is 1.64. The van der Waals surface area contributed by atoms with Gasteiger partial charge in [-0.1, -0.05) is 13.0 Å². The molecule has 0 bridgehead atoms. The molecule has 6 heteroatoms. The number of ether oxygens (including phenoxy) is 2. The second-order valence-corrected chi connectivity index (χ2v) is 6.68. The highest BCUT2D eigenvalue weighted by Gasteiger charge is 2.22. The summed E-state index contributed by atoms with van der Waals surface area (Å²) in [5, 5.41) is 6.43. The zero-order valence-corrected chi connectivity index (χ0v) is 16.3. The van der Waals surface area contributed by atoms with E-state index in [9.17, 15) is 4.79 Å². The Morgan fingerprint density at radius 2 is 2.20 bits per heavy atom. The molecule has 2 atom stereocenters. The Labute approximate surface area is 157 Å². The van der Waals surface area contributed by atoms with E-state index in [4.69, 9.17) is 9.47 Å². The number of hydrogen-bond donors (Lipinski definition) is 2. The lowest BCUT2D eigenvalue weighted by molar-refractivity contribution is -0.117. The third kappa shape index (κ3) is 7.22. The zero-order chi connectivity index (χ0) is 17.4. The average Bonchev–Trinajstić information content (AvgIpc) is 2.58. The van der Waals surface area contributed by atoms with Crippen LogP contribution in [-0.2, 0) is 9.53 Å². The molecule has 0 aromatic heterocycles. The molecule has 1 aromatic carbocycles.